The molecule has 0 saturated carbocycles. The van der Waals surface area contributed by atoms with Gasteiger partial charge in [0.05, 0.1) is 21.9 Å². The Bertz CT molecular complexity index is 532. The van der Waals surface area contributed by atoms with Crippen LogP contribution in [0.5, 0.6) is 0 Å². The first-order chi connectivity index (χ1) is 9.75. The number of rotatable bonds is 6. The molecule has 0 radical (unpaired) electrons. The molecule has 0 aliphatic carbocycles. The third-order valence-electron chi connectivity index (χ3n) is 2.67. The van der Waals surface area contributed by atoms with Crippen LogP contribution in [0.1, 0.15) is 31.1 Å². The number of anilines is 1. The summed E-state index contributed by atoms with van der Waals surface area (Å²) >= 11 is 5.92. The molecule has 1 aromatic carbocycles. The smallest absolute Gasteiger partial charge is 0.335 e. The number of carbonyl (C=O) groups excluding carboxylic acids is 1. The fourth-order valence-electron chi connectivity index (χ4n) is 1.66. The summed E-state index contributed by atoms with van der Waals surface area (Å²) < 4.78 is 5.46. The van der Waals surface area contributed by atoms with Crippen molar-refractivity contribution in [1.29, 1.82) is 0 Å². The van der Waals surface area contributed by atoms with E-state index in [4.69, 9.17) is 21.4 Å². The molecule has 1 aromatic rings. The Morgan fingerprint density at radius 3 is 2.62 bits per heavy atom. The topological polar surface area (TPSA) is 87.7 Å². The molecule has 6 nitrogen and oxygen atoms in total. The fourth-order valence-corrected chi connectivity index (χ4v) is 1.82. The van der Waals surface area contributed by atoms with E-state index in [1.54, 1.807) is 0 Å². The van der Waals surface area contributed by atoms with Crippen LogP contribution in [0.25, 0.3) is 0 Å². The average Bonchev–Trinajstić information content (AvgIpc) is 2.39. The van der Waals surface area contributed by atoms with Crippen molar-refractivity contribution in [2.45, 2.75) is 26.4 Å². The fraction of sp³-hybridized carbons (Fsp3) is 0.429. The van der Waals surface area contributed by atoms with Gasteiger partial charge in [0.2, 0.25) is 0 Å². The molecule has 7 heteroatoms. The number of benzene rings is 1. The molecule has 0 unspecified atom stereocenters. The van der Waals surface area contributed by atoms with Crippen molar-refractivity contribution in [3.05, 3.63) is 28.8 Å². The van der Waals surface area contributed by atoms with Crippen molar-refractivity contribution in [3.63, 3.8) is 0 Å². The molecule has 116 valence electrons. The highest BCUT2D eigenvalue weighted by molar-refractivity contribution is 6.33. The molecule has 0 aliphatic heterocycles. The van der Waals surface area contributed by atoms with Crippen LogP contribution >= 0.6 is 11.6 Å². The lowest BCUT2D eigenvalue weighted by atomic mass is 10.1. The zero-order chi connectivity index (χ0) is 16.0. The van der Waals surface area contributed by atoms with Gasteiger partial charge in [-0.25, -0.2) is 9.59 Å². The van der Waals surface area contributed by atoms with Gasteiger partial charge in [-0.1, -0.05) is 11.6 Å². The number of aromatic carboxylic acids is 1. The van der Waals surface area contributed by atoms with Crippen molar-refractivity contribution in [3.8, 4) is 0 Å². The maximum absolute atomic E-state index is 11.8. The van der Waals surface area contributed by atoms with E-state index in [1.807, 2.05) is 20.8 Å². The van der Waals surface area contributed by atoms with Crippen LogP contribution in [-0.2, 0) is 4.74 Å². The minimum Gasteiger partial charge on any atom is -0.478 e. The second-order valence-electron chi connectivity index (χ2n) is 5.00. The van der Waals surface area contributed by atoms with Gasteiger partial charge >= 0.3 is 12.0 Å². The summed E-state index contributed by atoms with van der Waals surface area (Å²) in [4.78, 5) is 22.7. The van der Waals surface area contributed by atoms with Gasteiger partial charge in [0.1, 0.15) is 0 Å². The molecule has 0 bridgehead atoms. The highest BCUT2D eigenvalue weighted by Crippen LogP contribution is 2.23. The van der Waals surface area contributed by atoms with Crippen molar-refractivity contribution in [1.82, 2.24) is 5.32 Å². The van der Waals surface area contributed by atoms with Crippen molar-refractivity contribution in [2.75, 3.05) is 18.5 Å². The van der Waals surface area contributed by atoms with Gasteiger partial charge in [-0.15, -0.1) is 0 Å². The van der Waals surface area contributed by atoms with E-state index >= 15 is 0 Å². The molecule has 0 fully saturated rings. The second kappa shape index (κ2) is 7.28. The normalized spacial score (nSPS) is 11.0. The first-order valence-corrected chi connectivity index (χ1v) is 6.84. The lowest BCUT2D eigenvalue weighted by Gasteiger charge is -2.25. The Labute approximate surface area is 128 Å². The Hall–Kier alpha value is -1.79. The van der Waals surface area contributed by atoms with Crippen LogP contribution < -0.4 is 10.6 Å². The van der Waals surface area contributed by atoms with E-state index in [9.17, 15) is 9.59 Å². The number of amides is 2. The minimum atomic E-state index is -1.09. The van der Waals surface area contributed by atoms with Crippen LogP contribution in [0.15, 0.2) is 18.2 Å². The molecule has 0 aromatic heterocycles. The maximum Gasteiger partial charge on any atom is 0.335 e. The van der Waals surface area contributed by atoms with E-state index in [1.165, 1.54) is 18.2 Å². The first-order valence-electron chi connectivity index (χ1n) is 6.47. The largest absolute Gasteiger partial charge is 0.478 e. The molecule has 21 heavy (non-hydrogen) atoms. The number of halogens is 1. The van der Waals surface area contributed by atoms with E-state index < -0.39 is 17.6 Å². The molecule has 0 saturated heterocycles. The molecular weight excluding hydrogens is 296 g/mol. The summed E-state index contributed by atoms with van der Waals surface area (Å²) in [6.07, 6.45) is 0. The highest BCUT2D eigenvalue weighted by atomic mass is 35.5. The second-order valence-corrected chi connectivity index (χ2v) is 5.41. The minimum absolute atomic E-state index is 0.0457. The van der Waals surface area contributed by atoms with Crippen LogP contribution in [-0.4, -0.2) is 35.9 Å². The maximum atomic E-state index is 11.8. The number of urea groups is 1. The van der Waals surface area contributed by atoms with Crippen LogP contribution in [0, 0.1) is 0 Å². The number of carboxylic acids is 1. The van der Waals surface area contributed by atoms with Gasteiger partial charge in [-0.3, -0.25) is 0 Å². The van der Waals surface area contributed by atoms with E-state index in [2.05, 4.69) is 10.6 Å². The summed E-state index contributed by atoms with van der Waals surface area (Å²) in [5, 5.41) is 14.3. The highest BCUT2D eigenvalue weighted by Gasteiger charge is 2.19. The Morgan fingerprint density at radius 2 is 2.05 bits per heavy atom. The summed E-state index contributed by atoms with van der Waals surface area (Å²) in [6.45, 7) is 6.44. The summed E-state index contributed by atoms with van der Waals surface area (Å²) in [5.74, 6) is -1.09. The summed E-state index contributed by atoms with van der Waals surface area (Å²) in [5.41, 5.74) is -0.202. The molecule has 0 aliphatic rings. The summed E-state index contributed by atoms with van der Waals surface area (Å²) in [7, 11) is 0. The molecule has 2 amide bonds. The van der Waals surface area contributed by atoms with Crippen LogP contribution in [0.2, 0.25) is 5.02 Å². The molecular formula is C14H19ClN2O4. The number of ether oxygens (including phenoxy) is 1. The number of carbonyl (C=O) groups is 2. The van der Waals surface area contributed by atoms with E-state index in [-0.39, 0.29) is 16.3 Å². The van der Waals surface area contributed by atoms with Crippen molar-refractivity contribution in [2.24, 2.45) is 0 Å². The number of hydrogen-bond donors (Lipinski definition) is 3. The predicted molar refractivity (Wildman–Crippen MR) is 81.1 cm³/mol. The number of hydrogen-bond acceptors (Lipinski definition) is 3. The zero-order valence-electron chi connectivity index (χ0n) is 12.2. The van der Waals surface area contributed by atoms with Crippen LogP contribution in [0.3, 0.4) is 0 Å². The number of nitrogens with one attached hydrogen (secondary N) is 2. The first kappa shape index (κ1) is 17.3. The van der Waals surface area contributed by atoms with Crippen LogP contribution in [0.4, 0.5) is 10.5 Å². The molecule has 1 rings (SSSR count). The van der Waals surface area contributed by atoms with Gasteiger partial charge in [0.25, 0.3) is 0 Å². The summed E-state index contributed by atoms with van der Waals surface area (Å²) in [6, 6.07) is 3.61. The lowest BCUT2D eigenvalue weighted by molar-refractivity contribution is -0.00663. The SMILES string of the molecule is CCOC(C)(C)CNC(=O)Nc1cc(C(=O)O)ccc1Cl. The Kier molecular flexibility index (Phi) is 5.99. The predicted octanol–water partition coefficient (Wildman–Crippen LogP) is 2.97. The van der Waals surface area contributed by atoms with Crippen molar-refractivity contribution >= 4 is 29.3 Å². The van der Waals surface area contributed by atoms with E-state index in [0.29, 0.717) is 13.2 Å². The Morgan fingerprint density at radius 1 is 1.38 bits per heavy atom. The average molecular weight is 315 g/mol. The van der Waals surface area contributed by atoms with E-state index in [0.717, 1.165) is 0 Å². The Balaban J connectivity index is 2.67. The zero-order valence-corrected chi connectivity index (χ0v) is 13.0. The molecule has 0 spiro atoms. The van der Waals surface area contributed by atoms with Gasteiger partial charge in [0.15, 0.2) is 0 Å². The van der Waals surface area contributed by atoms with Gasteiger partial charge in [-0.2, -0.15) is 0 Å². The van der Waals surface area contributed by atoms with Gasteiger partial charge in [-0.05, 0) is 39.0 Å². The third-order valence-corrected chi connectivity index (χ3v) is 3.00. The molecule has 3 N–H and O–H groups in total. The lowest BCUT2D eigenvalue weighted by Crippen LogP contribution is -2.42. The van der Waals surface area contributed by atoms with Gasteiger partial charge in [0, 0.05) is 13.2 Å². The number of carboxylic acid groups (broad SMARTS) is 1. The quantitative estimate of drug-likeness (QED) is 0.753. The monoisotopic (exact) mass is 314 g/mol. The van der Waals surface area contributed by atoms with Gasteiger partial charge < -0.3 is 20.5 Å². The standard InChI is InChI=1S/C14H19ClN2O4/c1-4-21-14(2,3)8-16-13(20)17-11-7-9(12(18)19)5-6-10(11)15/h5-7H,4,8H2,1-3H3,(H,18,19)(H2,16,17,20). The third kappa shape index (κ3) is 5.61. The molecule has 0 heterocycles. The molecule has 0 atom stereocenters. The van der Waals surface area contributed by atoms with Crippen molar-refractivity contribution < 1.29 is 19.4 Å².